The summed E-state index contributed by atoms with van der Waals surface area (Å²) in [7, 11) is -3.70. The van der Waals surface area contributed by atoms with Gasteiger partial charge in [-0.2, -0.15) is 0 Å². The first kappa shape index (κ1) is 22.8. The summed E-state index contributed by atoms with van der Waals surface area (Å²) in [5, 5.41) is 5.37. The molecule has 4 rings (SSSR count). The molecule has 0 radical (unpaired) electrons. The molecule has 1 aromatic heterocycles. The van der Waals surface area contributed by atoms with Gasteiger partial charge in [0.2, 0.25) is 0 Å². The molecule has 0 aliphatic heterocycles. The number of amides is 1. The molecule has 1 heterocycles. The molecule has 0 saturated carbocycles. The van der Waals surface area contributed by atoms with Crippen molar-refractivity contribution in [2.24, 2.45) is 0 Å². The van der Waals surface area contributed by atoms with Gasteiger partial charge in [-0.1, -0.05) is 35.9 Å². The van der Waals surface area contributed by atoms with E-state index in [4.69, 9.17) is 16.3 Å². The lowest BCUT2D eigenvalue weighted by molar-refractivity contribution is -0.118. The standard InChI is InChI=1S/C23H18ClN3O4S2/c24-18-5-9-20(10-6-18)31-15-22(28)26-19-7-1-16(2-8-19)17-3-11-21(12-4-17)33(29,30)27-23-25-13-14-32-23/h1-14H,15H2,(H,25,27)(H,26,28). The molecule has 0 aliphatic carbocycles. The molecule has 0 bridgehead atoms. The van der Waals surface area contributed by atoms with E-state index in [0.29, 0.717) is 21.6 Å². The van der Waals surface area contributed by atoms with Crippen molar-refractivity contribution < 1.29 is 17.9 Å². The van der Waals surface area contributed by atoms with Crippen LogP contribution in [0.25, 0.3) is 11.1 Å². The number of rotatable bonds is 8. The second-order valence-corrected chi connectivity index (χ2v) is 9.85. The summed E-state index contributed by atoms with van der Waals surface area (Å²) in [6.07, 6.45) is 1.53. The number of thiazole rings is 1. The summed E-state index contributed by atoms with van der Waals surface area (Å²) in [4.78, 5) is 16.2. The van der Waals surface area contributed by atoms with E-state index in [2.05, 4.69) is 15.0 Å². The van der Waals surface area contributed by atoms with Gasteiger partial charge < -0.3 is 10.1 Å². The largest absolute Gasteiger partial charge is 0.484 e. The SMILES string of the molecule is O=C(COc1ccc(Cl)cc1)Nc1ccc(-c2ccc(S(=O)(=O)Nc3nccs3)cc2)cc1. The molecule has 4 aromatic rings. The third kappa shape index (κ3) is 6.10. The Kier molecular flexibility index (Phi) is 6.93. The molecule has 168 valence electrons. The molecule has 0 aliphatic rings. The van der Waals surface area contributed by atoms with Crippen LogP contribution >= 0.6 is 22.9 Å². The minimum Gasteiger partial charge on any atom is -0.484 e. The Labute approximate surface area is 200 Å². The van der Waals surface area contributed by atoms with Gasteiger partial charge >= 0.3 is 0 Å². The lowest BCUT2D eigenvalue weighted by Gasteiger charge is -2.09. The van der Waals surface area contributed by atoms with Gasteiger partial charge in [0.15, 0.2) is 11.7 Å². The van der Waals surface area contributed by atoms with Crippen molar-refractivity contribution in [2.75, 3.05) is 16.6 Å². The van der Waals surface area contributed by atoms with E-state index in [-0.39, 0.29) is 17.4 Å². The molecular weight excluding hydrogens is 482 g/mol. The predicted molar refractivity (Wildman–Crippen MR) is 130 cm³/mol. The van der Waals surface area contributed by atoms with E-state index in [1.807, 2.05) is 12.1 Å². The fourth-order valence-corrected chi connectivity index (χ4v) is 4.81. The third-order valence-corrected chi connectivity index (χ3v) is 6.93. The maximum Gasteiger partial charge on any atom is 0.263 e. The zero-order chi connectivity index (χ0) is 23.3. The van der Waals surface area contributed by atoms with Crippen molar-refractivity contribution in [3.8, 4) is 16.9 Å². The van der Waals surface area contributed by atoms with Gasteiger partial charge in [0, 0.05) is 22.3 Å². The van der Waals surface area contributed by atoms with Crippen molar-refractivity contribution in [2.45, 2.75) is 4.90 Å². The van der Waals surface area contributed by atoms with Gasteiger partial charge in [-0.05, 0) is 59.7 Å². The molecule has 3 aromatic carbocycles. The van der Waals surface area contributed by atoms with Crippen LogP contribution in [0.15, 0.2) is 89.3 Å². The highest BCUT2D eigenvalue weighted by molar-refractivity contribution is 7.93. The zero-order valence-corrected chi connectivity index (χ0v) is 19.5. The number of ether oxygens (including phenoxy) is 1. The number of hydrogen-bond donors (Lipinski definition) is 2. The van der Waals surface area contributed by atoms with Gasteiger partial charge in [0.05, 0.1) is 4.90 Å². The number of halogens is 1. The first-order valence-electron chi connectivity index (χ1n) is 9.70. The number of carbonyl (C=O) groups excluding carboxylic acids is 1. The summed E-state index contributed by atoms with van der Waals surface area (Å²) in [5.74, 6) is 0.261. The number of carbonyl (C=O) groups is 1. The Morgan fingerprint density at radius 2 is 1.58 bits per heavy atom. The van der Waals surface area contributed by atoms with Crippen molar-refractivity contribution in [1.82, 2.24) is 4.98 Å². The van der Waals surface area contributed by atoms with Gasteiger partial charge in [0.25, 0.3) is 15.9 Å². The number of hydrogen-bond acceptors (Lipinski definition) is 6. The molecule has 0 saturated heterocycles. The number of nitrogens with zero attached hydrogens (tertiary/aromatic N) is 1. The van der Waals surface area contributed by atoms with Gasteiger partial charge in [-0.25, -0.2) is 13.4 Å². The van der Waals surface area contributed by atoms with Crippen molar-refractivity contribution >= 4 is 49.7 Å². The first-order chi connectivity index (χ1) is 15.9. The smallest absolute Gasteiger partial charge is 0.263 e. The van der Waals surface area contributed by atoms with Crippen LogP contribution in [0.1, 0.15) is 0 Å². The van der Waals surface area contributed by atoms with Gasteiger partial charge in [-0.15, -0.1) is 11.3 Å². The predicted octanol–water partition coefficient (Wildman–Crippen LogP) is 5.28. The Hall–Kier alpha value is -3.40. The third-order valence-electron chi connectivity index (χ3n) is 4.50. The van der Waals surface area contributed by atoms with E-state index in [9.17, 15) is 13.2 Å². The average Bonchev–Trinajstić information content (AvgIpc) is 3.32. The molecule has 0 atom stereocenters. The lowest BCUT2D eigenvalue weighted by Crippen LogP contribution is -2.20. The fraction of sp³-hybridized carbons (Fsp3) is 0.0435. The second-order valence-electron chi connectivity index (χ2n) is 6.84. The van der Waals surface area contributed by atoms with E-state index >= 15 is 0 Å². The molecule has 0 fully saturated rings. The van der Waals surface area contributed by atoms with Crippen LogP contribution in [0.3, 0.4) is 0 Å². The van der Waals surface area contributed by atoms with Crippen molar-refractivity contribution in [3.63, 3.8) is 0 Å². The molecule has 0 spiro atoms. The topological polar surface area (TPSA) is 97.4 Å². The second kappa shape index (κ2) is 10.0. The van der Waals surface area contributed by atoms with Crippen LogP contribution < -0.4 is 14.8 Å². The minimum absolute atomic E-state index is 0.131. The van der Waals surface area contributed by atoms with E-state index in [1.54, 1.807) is 53.9 Å². The highest BCUT2D eigenvalue weighted by Gasteiger charge is 2.15. The summed E-state index contributed by atoms with van der Waals surface area (Å²) < 4.78 is 32.8. The number of benzene rings is 3. The van der Waals surface area contributed by atoms with Crippen LogP contribution in [0.5, 0.6) is 5.75 Å². The number of sulfonamides is 1. The summed E-state index contributed by atoms with van der Waals surface area (Å²) in [6, 6.07) is 20.5. The van der Waals surface area contributed by atoms with E-state index in [0.717, 1.165) is 11.1 Å². The maximum absolute atomic E-state index is 12.5. The average molecular weight is 500 g/mol. The quantitative estimate of drug-likeness (QED) is 0.343. The molecule has 10 heteroatoms. The number of nitrogens with one attached hydrogen (secondary N) is 2. The molecule has 33 heavy (non-hydrogen) atoms. The Morgan fingerprint density at radius 3 is 2.18 bits per heavy atom. The Morgan fingerprint density at radius 1 is 0.939 bits per heavy atom. The fourth-order valence-electron chi connectivity index (χ4n) is 2.90. The Bertz CT molecular complexity index is 1320. The van der Waals surface area contributed by atoms with E-state index in [1.165, 1.54) is 29.7 Å². The molecule has 7 nitrogen and oxygen atoms in total. The maximum atomic E-state index is 12.5. The van der Waals surface area contributed by atoms with Gasteiger partial charge in [-0.3, -0.25) is 9.52 Å². The first-order valence-corrected chi connectivity index (χ1v) is 12.4. The molecule has 0 unspecified atom stereocenters. The van der Waals surface area contributed by atoms with Crippen LogP contribution in [0.2, 0.25) is 5.02 Å². The minimum atomic E-state index is -3.70. The highest BCUT2D eigenvalue weighted by Crippen LogP contribution is 2.24. The van der Waals surface area contributed by atoms with Crippen LogP contribution in [-0.2, 0) is 14.8 Å². The van der Waals surface area contributed by atoms with E-state index < -0.39 is 10.0 Å². The monoisotopic (exact) mass is 499 g/mol. The number of aromatic nitrogens is 1. The molecular formula is C23H18ClN3O4S2. The highest BCUT2D eigenvalue weighted by atomic mass is 35.5. The summed E-state index contributed by atoms with van der Waals surface area (Å²) in [6.45, 7) is -0.131. The van der Waals surface area contributed by atoms with Crippen LogP contribution in [-0.4, -0.2) is 25.9 Å². The number of anilines is 2. The summed E-state index contributed by atoms with van der Waals surface area (Å²) >= 11 is 7.03. The lowest BCUT2D eigenvalue weighted by atomic mass is 10.1. The molecule has 2 N–H and O–H groups in total. The van der Waals surface area contributed by atoms with Crippen molar-refractivity contribution in [3.05, 3.63) is 89.4 Å². The van der Waals surface area contributed by atoms with Crippen LogP contribution in [0.4, 0.5) is 10.8 Å². The van der Waals surface area contributed by atoms with Crippen molar-refractivity contribution in [1.29, 1.82) is 0 Å². The van der Waals surface area contributed by atoms with Gasteiger partial charge in [0.1, 0.15) is 5.75 Å². The Balaban J connectivity index is 1.35. The normalized spacial score (nSPS) is 11.1. The van der Waals surface area contributed by atoms with Crippen LogP contribution in [0, 0.1) is 0 Å². The zero-order valence-electron chi connectivity index (χ0n) is 17.1. The molecule has 1 amide bonds. The summed E-state index contributed by atoms with van der Waals surface area (Å²) in [5.41, 5.74) is 2.34.